The van der Waals surface area contributed by atoms with Crippen LogP contribution in [0.1, 0.15) is 27.0 Å². The number of hydrogen-bond donors (Lipinski definition) is 3. The van der Waals surface area contributed by atoms with Gasteiger partial charge in [0.2, 0.25) is 0 Å². The van der Waals surface area contributed by atoms with Gasteiger partial charge in [0.05, 0.1) is 20.3 Å². The number of carbonyl (C=O) groups excluding carboxylic acids is 1. The average Bonchev–Trinajstić information content (AvgIpc) is 2.78. The number of ketones is 1. The van der Waals surface area contributed by atoms with E-state index >= 15 is 0 Å². The molecule has 30 heavy (non-hydrogen) atoms. The summed E-state index contributed by atoms with van der Waals surface area (Å²) in [5, 5.41) is 22.9. The minimum atomic E-state index is -0.246. The fourth-order valence-electron chi connectivity index (χ4n) is 2.95. The highest BCUT2D eigenvalue weighted by atomic mass is 35.5. The maximum Gasteiger partial charge on any atom is 0.185 e. The Morgan fingerprint density at radius 1 is 1.17 bits per heavy atom. The second-order valence-electron chi connectivity index (χ2n) is 6.40. The van der Waals surface area contributed by atoms with E-state index in [1.165, 1.54) is 13.2 Å². The molecular weight excluding hydrogens is 404 g/mol. The third-order valence-corrected chi connectivity index (χ3v) is 4.75. The lowest BCUT2D eigenvalue weighted by Crippen LogP contribution is -2.02. The molecule has 0 saturated heterocycles. The summed E-state index contributed by atoms with van der Waals surface area (Å²) in [5.41, 5.74) is 2.94. The number of anilines is 2. The molecule has 0 aliphatic carbocycles. The lowest BCUT2D eigenvalue weighted by atomic mass is 10.1. The molecule has 0 atom stereocenters. The minimum Gasteiger partial charge on any atom is -0.496 e. The topological polar surface area (TPSA) is 91.7 Å². The molecule has 0 amide bonds. The smallest absolute Gasteiger partial charge is 0.185 e. The highest BCUT2D eigenvalue weighted by Crippen LogP contribution is 2.30. The van der Waals surface area contributed by atoms with Crippen molar-refractivity contribution in [3.05, 3.63) is 88.1 Å². The number of methoxy groups -OCH3 is 1. The van der Waals surface area contributed by atoms with Crippen molar-refractivity contribution in [1.29, 1.82) is 0 Å². The SMILES string of the molecule is COc1cc(Nc2ncccc2C=CC(=O)c2ccc(Cl)cc2)cc(CO)c1CO. The summed E-state index contributed by atoms with van der Waals surface area (Å²) in [6, 6.07) is 13.7. The molecule has 6 nitrogen and oxygen atoms in total. The van der Waals surface area contributed by atoms with E-state index in [0.29, 0.717) is 44.5 Å². The zero-order valence-corrected chi connectivity index (χ0v) is 17.1. The number of aromatic nitrogens is 1. The van der Waals surface area contributed by atoms with Crippen molar-refractivity contribution in [3.8, 4) is 5.75 Å². The molecule has 1 aromatic heterocycles. The quantitative estimate of drug-likeness (QED) is 0.367. The summed E-state index contributed by atoms with van der Waals surface area (Å²) in [4.78, 5) is 16.7. The van der Waals surface area contributed by atoms with Gasteiger partial charge in [-0.25, -0.2) is 4.98 Å². The molecule has 0 aliphatic rings. The number of aliphatic hydroxyl groups is 2. The Morgan fingerprint density at radius 3 is 2.60 bits per heavy atom. The van der Waals surface area contributed by atoms with Crippen molar-refractivity contribution in [2.75, 3.05) is 12.4 Å². The highest BCUT2D eigenvalue weighted by molar-refractivity contribution is 6.30. The van der Waals surface area contributed by atoms with E-state index < -0.39 is 0 Å². The number of rotatable bonds is 8. The van der Waals surface area contributed by atoms with E-state index in [2.05, 4.69) is 10.3 Å². The number of hydrogen-bond acceptors (Lipinski definition) is 6. The molecule has 1 heterocycles. The van der Waals surface area contributed by atoms with Crippen molar-refractivity contribution in [2.24, 2.45) is 0 Å². The Morgan fingerprint density at radius 2 is 1.93 bits per heavy atom. The number of nitrogens with zero attached hydrogens (tertiary/aromatic N) is 1. The van der Waals surface area contributed by atoms with Gasteiger partial charge in [0.1, 0.15) is 11.6 Å². The molecule has 0 saturated carbocycles. The van der Waals surface area contributed by atoms with Crippen LogP contribution in [0.5, 0.6) is 5.75 Å². The summed E-state index contributed by atoms with van der Waals surface area (Å²) < 4.78 is 5.32. The number of nitrogens with one attached hydrogen (secondary N) is 1. The first-order valence-electron chi connectivity index (χ1n) is 9.17. The van der Waals surface area contributed by atoms with Crippen LogP contribution in [-0.2, 0) is 13.2 Å². The summed E-state index contributed by atoms with van der Waals surface area (Å²) >= 11 is 5.86. The van der Waals surface area contributed by atoms with Crippen LogP contribution in [-0.4, -0.2) is 28.1 Å². The predicted molar refractivity (Wildman–Crippen MR) is 117 cm³/mol. The molecule has 0 fully saturated rings. The van der Waals surface area contributed by atoms with Crippen LogP contribution in [0.4, 0.5) is 11.5 Å². The first-order chi connectivity index (χ1) is 14.5. The summed E-state index contributed by atoms with van der Waals surface area (Å²) in [6.07, 6.45) is 4.78. The van der Waals surface area contributed by atoms with Gasteiger partial charge in [-0.3, -0.25) is 4.79 Å². The van der Waals surface area contributed by atoms with Crippen molar-refractivity contribution in [1.82, 2.24) is 4.98 Å². The van der Waals surface area contributed by atoms with Gasteiger partial charge in [-0.2, -0.15) is 0 Å². The number of pyridine rings is 1. The number of ether oxygens (including phenoxy) is 1. The van der Waals surface area contributed by atoms with E-state index in [1.54, 1.807) is 54.7 Å². The van der Waals surface area contributed by atoms with Gasteiger partial charge in [-0.15, -0.1) is 0 Å². The van der Waals surface area contributed by atoms with Gasteiger partial charge in [-0.1, -0.05) is 11.6 Å². The second-order valence-corrected chi connectivity index (χ2v) is 6.84. The van der Waals surface area contributed by atoms with E-state index in [1.807, 2.05) is 6.07 Å². The van der Waals surface area contributed by atoms with Crippen LogP contribution in [0.15, 0.2) is 60.8 Å². The van der Waals surface area contributed by atoms with E-state index in [-0.39, 0.29) is 19.0 Å². The Hall–Kier alpha value is -3.19. The monoisotopic (exact) mass is 424 g/mol. The third-order valence-electron chi connectivity index (χ3n) is 4.49. The highest BCUT2D eigenvalue weighted by Gasteiger charge is 2.12. The van der Waals surface area contributed by atoms with Crippen LogP contribution in [0.25, 0.3) is 6.08 Å². The average molecular weight is 425 g/mol. The van der Waals surface area contributed by atoms with Crippen molar-refractivity contribution in [2.45, 2.75) is 13.2 Å². The second kappa shape index (κ2) is 10.0. The first-order valence-corrected chi connectivity index (χ1v) is 9.55. The van der Waals surface area contributed by atoms with Crippen molar-refractivity contribution >= 4 is 35.0 Å². The van der Waals surface area contributed by atoms with Crippen molar-refractivity contribution in [3.63, 3.8) is 0 Å². The Balaban J connectivity index is 1.87. The molecule has 3 aromatic rings. The number of halogens is 1. The Kier molecular flexibility index (Phi) is 7.19. The Labute approximate surface area is 179 Å². The van der Waals surface area contributed by atoms with E-state index in [0.717, 1.165) is 0 Å². The number of aliphatic hydroxyl groups excluding tert-OH is 2. The van der Waals surface area contributed by atoms with E-state index in [9.17, 15) is 15.0 Å². The fourth-order valence-corrected chi connectivity index (χ4v) is 3.07. The molecule has 0 unspecified atom stereocenters. The number of benzene rings is 2. The van der Waals surface area contributed by atoms with Crippen LogP contribution < -0.4 is 10.1 Å². The summed E-state index contributed by atoms with van der Waals surface area (Å²) in [6.45, 7) is -0.490. The van der Waals surface area contributed by atoms with Crippen LogP contribution in [0.2, 0.25) is 5.02 Å². The molecule has 154 valence electrons. The van der Waals surface area contributed by atoms with Crippen LogP contribution >= 0.6 is 11.6 Å². The van der Waals surface area contributed by atoms with Crippen LogP contribution in [0.3, 0.4) is 0 Å². The summed E-state index contributed by atoms with van der Waals surface area (Å²) in [7, 11) is 1.50. The Bertz CT molecular complexity index is 1040. The first kappa shape index (κ1) is 21.5. The lowest BCUT2D eigenvalue weighted by Gasteiger charge is -2.15. The summed E-state index contributed by atoms with van der Waals surface area (Å²) in [5.74, 6) is 0.829. The molecule has 0 radical (unpaired) electrons. The number of carbonyl (C=O) groups is 1. The fraction of sp³-hybridized carbons (Fsp3) is 0.130. The van der Waals surface area contributed by atoms with Gasteiger partial charge in [0.25, 0.3) is 0 Å². The zero-order valence-electron chi connectivity index (χ0n) is 16.3. The molecule has 0 bridgehead atoms. The normalized spacial score (nSPS) is 10.9. The third kappa shape index (κ3) is 5.04. The minimum absolute atomic E-state index is 0.155. The molecule has 7 heteroatoms. The largest absolute Gasteiger partial charge is 0.496 e. The molecule has 0 aliphatic heterocycles. The maximum atomic E-state index is 12.4. The molecule has 0 spiro atoms. The van der Waals surface area contributed by atoms with Gasteiger partial charge >= 0.3 is 0 Å². The van der Waals surface area contributed by atoms with Gasteiger partial charge in [0, 0.05) is 39.7 Å². The predicted octanol–water partition coefficient (Wildman–Crippen LogP) is 4.37. The molecule has 2 aromatic carbocycles. The molecular formula is C23H21ClN2O4. The molecule has 3 rings (SSSR count). The van der Waals surface area contributed by atoms with Gasteiger partial charge in [0.15, 0.2) is 5.78 Å². The molecule has 3 N–H and O–H groups in total. The van der Waals surface area contributed by atoms with Crippen molar-refractivity contribution < 1.29 is 19.7 Å². The zero-order chi connectivity index (χ0) is 21.5. The van der Waals surface area contributed by atoms with Gasteiger partial charge < -0.3 is 20.3 Å². The lowest BCUT2D eigenvalue weighted by molar-refractivity contribution is 0.104. The maximum absolute atomic E-state index is 12.4. The van der Waals surface area contributed by atoms with Gasteiger partial charge in [-0.05, 0) is 60.2 Å². The number of allylic oxidation sites excluding steroid dienone is 1. The van der Waals surface area contributed by atoms with Crippen LogP contribution in [0, 0.1) is 0 Å². The standard InChI is InChI=1S/C23H21ClN2O4/c1-30-22-12-19(11-17(13-27)20(22)14-28)26-23-16(3-2-10-25-23)6-9-21(29)15-4-7-18(24)8-5-15/h2-12,27-28H,13-14H2,1H3,(H,25,26). The van der Waals surface area contributed by atoms with E-state index in [4.69, 9.17) is 16.3 Å².